The highest BCUT2D eigenvalue weighted by Crippen LogP contribution is 2.10. The minimum Gasteiger partial charge on any atom is -0.368 e. The van der Waals surface area contributed by atoms with Gasteiger partial charge in [0.15, 0.2) is 0 Å². The normalized spacial score (nSPS) is 11.7. The number of carbonyl (C=O) groups is 2. The van der Waals surface area contributed by atoms with E-state index in [9.17, 15) is 14.0 Å². The van der Waals surface area contributed by atoms with Gasteiger partial charge in [0.05, 0.1) is 5.56 Å². The molecule has 2 aromatic rings. The SMILES string of the molecule is NC(=O)[C@@H](Cc1ccc(I)cc1)NC(=O)c1ccccc1F. The van der Waals surface area contributed by atoms with E-state index in [0.29, 0.717) is 0 Å². The van der Waals surface area contributed by atoms with E-state index in [-0.39, 0.29) is 12.0 Å². The fourth-order valence-corrected chi connectivity index (χ4v) is 2.32. The number of rotatable bonds is 5. The molecule has 0 spiro atoms. The van der Waals surface area contributed by atoms with Gasteiger partial charge in [0.25, 0.3) is 5.91 Å². The Labute approximate surface area is 141 Å². The predicted octanol–water partition coefficient (Wildman–Crippen LogP) is 2.26. The van der Waals surface area contributed by atoms with Crippen LogP contribution in [0.25, 0.3) is 0 Å². The number of primary amides is 1. The van der Waals surface area contributed by atoms with Gasteiger partial charge in [-0.05, 0) is 52.4 Å². The summed E-state index contributed by atoms with van der Waals surface area (Å²) in [6, 6.07) is 12.2. The number of nitrogens with two attached hydrogens (primary N) is 1. The van der Waals surface area contributed by atoms with Crippen LogP contribution in [-0.4, -0.2) is 17.9 Å². The average molecular weight is 412 g/mol. The third kappa shape index (κ3) is 4.27. The highest BCUT2D eigenvalue weighted by atomic mass is 127. The van der Waals surface area contributed by atoms with E-state index in [0.717, 1.165) is 9.13 Å². The van der Waals surface area contributed by atoms with Gasteiger partial charge in [0, 0.05) is 9.99 Å². The fraction of sp³-hybridized carbons (Fsp3) is 0.125. The summed E-state index contributed by atoms with van der Waals surface area (Å²) in [5.41, 5.74) is 6.07. The van der Waals surface area contributed by atoms with Crippen LogP contribution < -0.4 is 11.1 Å². The molecule has 1 atom stereocenters. The summed E-state index contributed by atoms with van der Waals surface area (Å²) >= 11 is 2.17. The van der Waals surface area contributed by atoms with E-state index in [4.69, 9.17) is 5.73 Å². The molecule has 0 unspecified atom stereocenters. The molecule has 0 radical (unpaired) electrons. The van der Waals surface area contributed by atoms with Crippen LogP contribution in [0.15, 0.2) is 48.5 Å². The van der Waals surface area contributed by atoms with Crippen LogP contribution in [-0.2, 0) is 11.2 Å². The molecule has 2 amide bonds. The van der Waals surface area contributed by atoms with Gasteiger partial charge in [0.2, 0.25) is 5.91 Å². The summed E-state index contributed by atoms with van der Waals surface area (Å²) in [6.45, 7) is 0. The lowest BCUT2D eigenvalue weighted by atomic mass is 10.0. The van der Waals surface area contributed by atoms with E-state index in [2.05, 4.69) is 27.9 Å². The second-order valence-corrected chi connectivity index (χ2v) is 5.98. The van der Waals surface area contributed by atoms with Crippen molar-refractivity contribution in [3.8, 4) is 0 Å². The van der Waals surface area contributed by atoms with Crippen molar-refractivity contribution < 1.29 is 14.0 Å². The Balaban J connectivity index is 2.12. The lowest BCUT2D eigenvalue weighted by molar-refractivity contribution is -0.119. The second kappa shape index (κ2) is 7.35. The third-order valence-corrected chi connectivity index (χ3v) is 3.84. The molecule has 3 N–H and O–H groups in total. The van der Waals surface area contributed by atoms with Gasteiger partial charge < -0.3 is 11.1 Å². The smallest absolute Gasteiger partial charge is 0.254 e. The summed E-state index contributed by atoms with van der Waals surface area (Å²) in [5, 5.41) is 2.48. The molecule has 0 saturated heterocycles. The minimum atomic E-state index is -0.896. The van der Waals surface area contributed by atoms with Gasteiger partial charge in [0.1, 0.15) is 11.9 Å². The number of halogens is 2. The molecule has 2 aromatic carbocycles. The maximum atomic E-state index is 13.6. The van der Waals surface area contributed by atoms with E-state index >= 15 is 0 Å². The van der Waals surface area contributed by atoms with E-state index in [1.807, 2.05) is 24.3 Å². The van der Waals surface area contributed by atoms with E-state index in [1.165, 1.54) is 18.2 Å². The molecule has 114 valence electrons. The number of benzene rings is 2. The molecular weight excluding hydrogens is 398 g/mol. The van der Waals surface area contributed by atoms with Crippen LogP contribution in [0, 0.1) is 9.39 Å². The molecule has 6 heteroatoms. The largest absolute Gasteiger partial charge is 0.368 e. The zero-order valence-electron chi connectivity index (χ0n) is 11.6. The Hall–Kier alpha value is -1.96. The summed E-state index contributed by atoms with van der Waals surface area (Å²) in [5.74, 6) is -1.96. The van der Waals surface area contributed by atoms with Gasteiger partial charge in [-0.1, -0.05) is 24.3 Å². The van der Waals surface area contributed by atoms with Crippen LogP contribution in [0.3, 0.4) is 0 Å². The first-order valence-corrected chi connectivity index (χ1v) is 7.64. The van der Waals surface area contributed by atoms with Crippen LogP contribution >= 0.6 is 22.6 Å². The molecule has 0 saturated carbocycles. The molecule has 2 rings (SSSR count). The highest BCUT2D eigenvalue weighted by Gasteiger charge is 2.21. The van der Waals surface area contributed by atoms with Crippen LogP contribution in [0.2, 0.25) is 0 Å². The molecule has 0 aromatic heterocycles. The second-order valence-electron chi connectivity index (χ2n) is 4.74. The highest BCUT2D eigenvalue weighted by molar-refractivity contribution is 14.1. The first kappa shape index (κ1) is 16.4. The summed E-state index contributed by atoms with van der Waals surface area (Å²) in [6.07, 6.45) is 0.256. The van der Waals surface area contributed by atoms with Gasteiger partial charge in [-0.25, -0.2) is 4.39 Å². The lowest BCUT2D eigenvalue weighted by Gasteiger charge is -2.16. The number of hydrogen-bond donors (Lipinski definition) is 2. The zero-order valence-corrected chi connectivity index (χ0v) is 13.7. The Kier molecular flexibility index (Phi) is 5.48. The summed E-state index contributed by atoms with van der Waals surface area (Å²) in [7, 11) is 0. The maximum absolute atomic E-state index is 13.6. The molecule has 0 heterocycles. The van der Waals surface area contributed by atoms with Gasteiger partial charge in [-0.15, -0.1) is 0 Å². The van der Waals surface area contributed by atoms with Crippen molar-refractivity contribution in [3.05, 3.63) is 69.0 Å². The molecule has 0 bridgehead atoms. The molecule has 0 aliphatic rings. The first-order valence-electron chi connectivity index (χ1n) is 6.56. The number of carbonyl (C=O) groups excluding carboxylic acids is 2. The van der Waals surface area contributed by atoms with Crippen molar-refractivity contribution in [2.45, 2.75) is 12.5 Å². The van der Waals surface area contributed by atoms with Crippen LogP contribution in [0.1, 0.15) is 15.9 Å². The molecule has 0 aliphatic carbocycles. The van der Waals surface area contributed by atoms with Gasteiger partial charge in [-0.3, -0.25) is 9.59 Å². The zero-order chi connectivity index (χ0) is 16.1. The Morgan fingerprint density at radius 3 is 2.36 bits per heavy atom. The summed E-state index contributed by atoms with van der Waals surface area (Å²) in [4.78, 5) is 23.6. The predicted molar refractivity (Wildman–Crippen MR) is 89.7 cm³/mol. The first-order chi connectivity index (χ1) is 10.5. The molecule has 0 fully saturated rings. The Morgan fingerprint density at radius 2 is 1.77 bits per heavy atom. The maximum Gasteiger partial charge on any atom is 0.254 e. The Morgan fingerprint density at radius 1 is 1.14 bits per heavy atom. The Bertz CT molecular complexity index is 689. The van der Waals surface area contributed by atoms with Crippen molar-refractivity contribution in [2.24, 2.45) is 5.73 Å². The van der Waals surface area contributed by atoms with Gasteiger partial charge in [-0.2, -0.15) is 0 Å². The number of amides is 2. The van der Waals surface area contributed by atoms with E-state index < -0.39 is 23.7 Å². The lowest BCUT2D eigenvalue weighted by Crippen LogP contribution is -2.46. The number of hydrogen-bond acceptors (Lipinski definition) is 2. The molecule has 0 aliphatic heterocycles. The fourth-order valence-electron chi connectivity index (χ4n) is 1.96. The van der Waals surface area contributed by atoms with Crippen molar-refractivity contribution in [1.29, 1.82) is 0 Å². The van der Waals surface area contributed by atoms with Gasteiger partial charge >= 0.3 is 0 Å². The van der Waals surface area contributed by atoms with Crippen LogP contribution in [0.4, 0.5) is 4.39 Å². The molecular formula is C16H14FIN2O2. The van der Waals surface area contributed by atoms with Crippen molar-refractivity contribution >= 4 is 34.4 Å². The third-order valence-electron chi connectivity index (χ3n) is 3.12. The monoisotopic (exact) mass is 412 g/mol. The van der Waals surface area contributed by atoms with Crippen molar-refractivity contribution in [3.63, 3.8) is 0 Å². The molecule has 4 nitrogen and oxygen atoms in total. The average Bonchev–Trinajstić information content (AvgIpc) is 2.49. The number of nitrogens with one attached hydrogen (secondary N) is 1. The standard InChI is InChI=1S/C16H14FIN2O2/c17-13-4-2-1-3-12(13)16(22)20-14(15(19)21)9-10-5-7-11(18)8-6-10/h1-8,14H,9H2,(H2,19,21)(H,20,22)/t14-/m1/s1. The summed E-state index contributed by atoms with van der Waals surface area (Å²) < 4.78 is 14.6. The quantitative estimate of drug-likeness (QED) is 0.740. The topological polar surface area (TPSA) is 72.2 Å². The van der Waals surface area contributed by atoms with E-state index in [1.54, 1.807) is 6.07 Å². The molecule has 22 heavy (non-hydrogen) atoms. The van der Waals surface area contributed by atoms with Crippen molar-refractivity contribution in [2.75, 3.05) is 0 Å². The van der Waals surface area contributed by atoms with Crippen molar-refractivity contribution in [1.82, 2.24) is 5.32 Å². The van der Waals surface area contributed by atoms with Crippen LogP contribution in [0.5, 0.6) is 0 Å². The minimum absolute atomic E-state index is 0.114.